The first-order valence-electron chi connectivity index (χ1n) is 10.6. The molecule has 1 amide bonds. The van der Waals surface area contributed by atoms with Gasteiger partial charge in [-0.15, -0.1) is 10.2 Å². The number of aromatic nitrogens is 3. The summed E-state index contributed by atoms with van der Waals surface area (Å²) in [6.45, 7) is 7.70. The van der Waals surface area contributed by atoms with E-state index in [-0.39, 0.29) is 24.0 Å². The van der Waals surface area contributed by atoms with Gasteiger partial charge in [0.15, 0.2) is 5.16 Å². The van der Waals surface area contributed by atoms with Crippen LogP contribution < -0.4 is 0 Å². The van der Waals surface area contributed by atoms with E-state index in [1.54, 1.807) is 0 Å². The molecule has 0 unspecified atom stereocenters. The van der Waals surface area contributed by atoms with Gasteiger partial charge in [0.2, 0.25) is 5.91 Å². The maximum Gasteiger partial charge on any atom is 0.233 e. The maximum absolute atomic E-state index is 13.1. The van der Waals surface area contributed by atoms with Crippen molar-refractivity contribution < 1.29 is 14.6 Å². The lowest BCUT2D eigenvalue weighted by Gasteiger charge is -2.40. The summed E-state index contributed by atoms with van der Waals surface area (Å²) in [7, 11) is 0. The van der Waals surface area contributed by atoms with Crippen LogP contribution in [0.15, 0.2) is 23.4 Å². The van der Waals surface area contributed by atoms with Crippen molar-refractivity contribution in [3.05, 3.63) is 35.2 Å². The minimum Gasteiger partial charge on any atom is -0.393 e. The van der Waals surface area contributed by atoms with Gasteiger partial charge in [-0.3, -0.25) is 9.36 Å². The van der Waals surface area contributed by atoms with Crippen LogP contribution in [0.25, 0.3) is 5.69 Å². The fourth-order valence-corrected chi connectivity index (χ4v) is 5.46. The molecule has 4 rings (SSSR count). The van der Waals surface area contributed by atoms with Crippen molar-refractivity contribution in [2.75, 3.05) is 25.5 Å². The number of ether oxygens (including phenoxy) is 1. The highest BCUT2D eigenvalue weighted by atomic mass is 32.2. The molecule has 2 aliphatic rings. The Labute approximate surface area is 181 Å². The van der Waals surface area contributed by atoms with Gasteiger partial charge in [-0.05, 0) is 50.8 Å². The Morgan fingerprint density at radius 2 is 2.10 bits per heavy atom. The first-order valence-corrected chi connectivity index (χ1v) is 11.6. The summed E-state index contributed by atoms with van der Waals surface area (Å²) in [6, 6.07) is 6.26. The minimum absolute atomic E-state index is 0.0389. The van der Waals surface area contributed by atoms with Gasteiger partial charge in [-0.2, -0.15) is 0 Å². The molecule has 162 valence electrons. The van der Waals surface area contributed by atoms with E-state index in [9.17, 15) is 9.90 Å². The lowest BCUT2D eigenvalue weighted by molar-refractivity contribution is -0.141. The predicted molar refractivity (Wildman–Crippen MR) is 116 cm³/mol. The molecule has 1 aromatic heterocycles. The zero-order valence-corrected chi connectivity index (χ0v) is 18.7. The molecule has 1 aliphatic carbocycles. The Morgan fingerprint density at radius 3 is 2.87 bits per heavy atom. The molecule has 1 saturated carbocycles. The molecule has 1 aromatic carbocycles. The Bertz CT molecular complexity index is 916. The van der Waals surface area contributed by atoms with E-state index in [0.717, 1.165) is 41.5 Å². The summed E-state index contributed by atoms with van der Waals surface area (Å²) in [5.74, 6) is 1.28. The smallest absolute Gasteiger partial charge is 0.233 e. The Morgan fingerprint density at radius 1 is 1.27 bits per heavy atom. The standard InChI is InChI=1S/C22H30N4O3S/c1-14-7-8-15(2)18(11-14)26-16(3)23-24-22(26)30-13-21(28)25-9-10-29-12-19(25)17-5-4-6-20(17)27/h7-8,11,17,19-20,27H,4-6,9-10,12-13H2,1-3H3/t17-,19-,20+/m1/s1. The van der Waals surface area contributed by atoms with Crippen LogP contribution in [0.5, 0.6) is 0 Å². The van der Waals surface area contributed by atoms with Crippen LogP contribution in [0.2, 0.25) is 0 Å². The van der Waals surface area contributed by atoms with Gasteiger partial charge in [0, 0.05) is 12.5 Å². The van der Waals surface area contributed by atoms with Crippen molar-refractivity contribution in [2.45, 2.75) is 57.3 Å². The molecule has 0 spiro atoms. The van der Waals surface area contributed by atoms with Crippen molar-refractivity contribution in [1.82, 2.24) is 19.7 Å². The number of hydrogen-bond acceptors (Lipinski definition) is 6. The maximum atomic E-state index is 13.1. The number of aliphatic hydroxyl groups is 1. The summed E-state index contributed by atoms with van der Waals surface area (Å²) in [4.78, 5) is 15.0. The highest BCUT2D eigenvalue weighted by molar-refractivity contribution is 7.99. The largest absolute Gasteiger partial charge is 0.393 e. The average Bonchev–Trinajstić information content (AvgIpc) is 3.33. The van der Waals surface area contributed by atoms with Crippen LogP contribution in [-0.2, 0) is 9.53 Å². The summed E-state index contributed by atoms with van der Waals surface area (Å²) in [5, 5.41) is 19.6. The first kappa shape index (κ1) is 21.3. The molecule has 8 heteroatoms. The van der Waals surface area contributed by atoms with Crippen molar-refractivity contribution >= 4 is 17.7 Å². The second-order valence-electron chi connectivity index (χ2n) is 8.34. The molecule has 2 heterocycles. The average molecular weight is 431 g/mol. The van der Waals surface area contributed by atoms with Crippen LogP contribution in [0.1, 0.15) is 36.2 Å². The molecule has 2 aromatic rings. The van der Waals surface area contributed by atoms with E-state index < -0.39 is 0 Å². The zero-order valence-electron chi connectivity index (χ0n) is 17.9. The lowest BCUT2D eigenvalue weighted by Crippen LogP contribution is -2.54. The lowest BCUT2D eigenvalue weighted by atomic mass is 9.94. The van der Waals surface area contributed by atoms with Crippen molar-refractivity contribution in [3.8, 4) is 5.69 Å². The molecule has 1 saturated heterocycles. The predicted octanol–water partition coefficient (Wildman–Crippen LogP) is 2.67. The van der Waals surface area contributed by atoms with E-state index >= 15 is 0 Å². The van der Waals surface area contributed by atoms with Crippen LogP contribution in [0.3, 0.4) is 0 Å². The van der Waals surface area contributed by atoms with Gasteiger partial charge in [0.1, 0.15) is 5.82 Å². The highest BCUT2D eigenvalue weighted by Gasteiger charge is 2.39. The van der Waals surface area contributed by atoms with Crippen LogP contribution in [0.4, 0.5) is 0 Å². The first-order chi connectivity index (χ1) is 14.5. The van der Waals surface area contributed by atoms with Gasteiger partial charge < -0.3 is 14.7 Å². The SMILES string of the molecule is Cc1ccc(C)c(-n2c(C)nnc2SCC(=O)N2CCOC[C@@H]2[C@H]2CCC[C@@H]2O)c1. The summed E-state index contributed by atoms with van der Waals surface area (Å²) in [6.07, 6.45) is 2.44. The van der Waals surface area contributed by atoms with Gasteiger partial charge in [-0.25, -0.2) is 0 Å². The Hall–Kier alpha value is -1.90. The molecule has 1 N–H and O–H groups in total. The number of benzene rings is 1. The number of aliphatic hydroxyl groups excluding tert-OH is 1. The van der Waals surface area contributed by atoms with Crippen molar-refractivity contribution in [1.29, 1.82) is 0 Å². The third kappa shape index (κ3) is 4.26. The number of nitrogens with zero attached hydrogens (tertiary/aromatic N) is 4. The number of rotatable bonds is 5. The molecular formula is C22H30N4O3S. The van der Waals surface area contributed by atoms with Crippen LogP contribution in [0, 0.1) is 26.7 Å². The van der Waals surface area contributed by atoms with E-state index in [1.807, 2.05) is 16.4 Å². The normalized spacial score (nSPS) is 24.4. The molecular weight excluding hydrogens is 400 g/mol. The molecule has 0 radical (unpaired) electrons. The molecule has 30 heavy (non-hydrogen) atoms. The van der Waals surface area contributed by atoms with E-state index in [0.29, 0.717) is 25.5 Å². The van der Waals surface area contributed by atoms with Gasteiger partial charge in [-0.1, -0.05) is 30.3 Å². The fourth-order valence-electron chi connectivity index (χ4n) is 4.59. The number of carbonyl (C=O) groups excluding carboxylic acids is 1. The van der Waals surface area contributed by atoms with Crippen molar-refractivity contribution in [2.24, 2.45) is 5.92 Å². The second-order valence-corrected chi connectivity index (χ2v) is 9.28. The van der Waals surface area contributed by atoms with Gasteiger partial charge >= 0.3 is 0 Å². The highest BCUT2D eigenvalue weighted by Crippen LogP contribution is 2.33. The fraction of sp³-hybridized carbons (Fsp3) is 0.591. The summed E-state index contributed by atoms with van der Waals surface area (Å²) in [5.41, 5.74) is 3.35. The van der Waals surface area contributed by atoms with Gasteiger partial charge in [0.25, 0.3) is 0 Å². The summed E-state index contributed by atoms with van der Waals surface area (Å²) < 4.78 is 7.68. The monoisotopic (exact) mass is 430 g/mol. The second kappa shape index (κ2) is 9.08. The number of morpholine rings is 1. The number of hydrogen-bond donors (Lipinski definition) is 1. The Balaban J connectivity index is 1.49. The van der Waals surface area contributed by atoms with E-state index in [2.05, 4.69) is 42.2 Å². The van der Waals surface area contributed by atoms with Gasteiger partial charge in [0.05, 0.1) is 36.8 Å². The zero-order chi connectivity index (χ0) is 21.3. The molecule has 2 fully saturated rings. The van der Waals surface area contributed by atoms with E-state index in [1.165, 1.54) is 17.3 Å². The Kier molecular flexibility index (Phi) is 6.46. The third-order valence-electron chi connectivity index (χ3n) is 6.24. The van der Waals surface area contributed by atoms with E-state index in [4.69, 9.17) is 4.74 Å². The molecule has 3 atom stereocenters. The quantitative estimate of drug-likeness (QED) is 0.735. The van der Waals surface area contributed by atoms with Crippen LogP contribution in [-0.4, -0.2) is 68.3 Å². The molecule has 7 nitrogen and oxygen atoms in total. The number of aryl methyl sites for hydroxylation is 3. The molecule has 1 aliphatic heterocycles. The topological polar surface area (TPSA) is 80.5 Å². The van der Waals surface area contributed by atoms with Crippen molar-refractivity contribution in [3.63, 3.8) is 0 Å². The minimum atomic E-state index is -0.338. The number of thioether (sulfide) groups is 1. The third-order valence-corrected chi connectivity index (χ3v) is 7.15. The number of amides is 1. The summed E-state index contributed by atoms with van der Waals surface area (Å²) >= 11 is 1.42. The van der Waals surface area contributed by atoms with Crippen LogP contribution >= 0.6 is 11.8 Å². The number of carbonyl (C=O) groups is 1. The molecule has 0 bridgehead atoms.